The molecule has 3 nitrogen and oxygen atoms in total. The second kappa shape index (κ2) is 3.82. The van der Waals surface area contributed by atoms with Crippen LogP contribution in [0.1, 0.15) is 26.0 Å². The molecule has 1 aromatic carbocycles. The van der Waals surface area contributed by atoms with Gasteiger partial charge in [-0.3, -0.25) is 4.68 Å². The first kappa shape index (κ1) is 11.7. The average molecular weight is 244 g/mol. The van der Waals surface area contributed by atoms with E-state index >= 15 is 0 Å². The number of rotatable bonds is 3. The first-order valence-electron chi connectivity index (χ1n) is 6.58. The smallest absolute Gasteiger partial charge is 0.0729 e. The Balaban J connectivity index is 1.87. The van der Waals surface area contributed by atoms with Crippen molar-refractivity contribution < 1.29 is 5.11 Å². The van der Waals surface area contributed by atoms with Gasteiger partial charge in [-0.25, -0.2) is 0 Å². The quantitative estimate of drug-likeness (QED) is 0.901. The third-order valence-electron chi connectivity index (χ3n) is 4.29. The minimum atomic E-state index is -0.265. The minimum absolute atomic E-state index is 0.265. The normalized spacial score (nSPS) is 23.2. The summed E-state index contributed by atoms with van der Waals surface area (Å²) in [6.07, 6.45) is 1.52. The number of para-hydroxylation sites is 1. The number of fused-ring (bicyclic) bond motifs is 1. The molecule has 1 N–H and O–H groups in total. The molecule has 18 heavy (non-hydrogen) atoms. The van der Waals surface area contributed by atoms with Crippen LogP contribution < -0.4 is 0 Å². The molecule has 3 heteroatoms. The second-order valence-electron chi connectivity index (χ2n) is 6.16. The van der Waals surface area contributed by atoms with Crippen molar-refractivity contribution in [2.75, 3.05) is 0 Å². The van der Waals surface area contributed by atoms with Gasteiger partial charge in [0.15, 0.2) is 0 Å². The number of nitrogens with zero attached hydrogens (tertiary/aromatic N) is 2. The number of hydrogen-bond donors (Lipinski definition) is 1. The number of hydrogen-bond acceptors (Lipinski definition) is 2. The van der Waals surface area contributed by atoms with Gasteiger partial charge in [-0.1, -0.05) is 32.0 Å². The highest BCUT2D eigenvalue weighted by Crippen LogP contribution is 2.54. The van der Waals surface area contributed by atoms with Crippen molar-refractivity contribution in [1.82, 2.24) is 9.78 Å². The fourth-order valence-electron chi connectivity index (χ4n) is 2.94. The molecule has 3 rings (SSSR count). The summed E-state index contributed by atoms with van der Waals surface area (Å²) in [7, 11) is 1.96. The average Bonchev–Trinajstić information content (AvgIpc) is 2.86. The molecular formula is C15H20N2O. The summed E-state index contributed by atoms with van der Waals surface area (Å²) < 4.78 is 1.90. The fourth-order valence-corrected chi connectivity index (χ4v) is 2.94. The highest BCUT2D eigenvalue weighted by Gasteiger charge is 2.49. The van der Waals surface area contributed by atoms with Crippen LogP contribution in [0.15, 0.2) is 24.3 Å². The van der Waals surface area contributed by atoms with Gasteiger partial charge in [0.1, 0.15) is 0 Å². The standard InChI is InChI=1S/C15H20N2O/c1-15(2)9-11(15)14(18)8-12-10-6-4-5-7-13(10)17(3)16-12/h4-7,11,14,18H,8-9H2,1-3H3. The molecule has 0 aliphatic heterocycles. The van der Waals surface area contributed by atoms with E-state index in [2.05, 4.69) is 31.1 Å². The monoisotopic (exact) mass is 244 g/mol. The third kappa shape index (κ3) is 1.83. The van der Waals surface area contributed by atoms with Crippen molar-refractivity contribution >= 4 is 10.9 Å². The Kier molecular flexibility index (Phi) is 2.49. The van der Waals surface area contributed by atoms with Gasteiger partial charge >= 0.3 is 0 Å². The molecule has 96 valence electrons. The van der Waals surface area contributed by atoms with E-state index in [0.29, 0.717) is 17.8 Å². The van der Waals surface area contributed by atoms with Crippen molar-refractivity contribution in [1.29, 1.82) is 0 Å². The second-order valence-corrected chi connectivity index (χ2v) is 6.16. The summed E-state index contributed by atoms with van der Waals surface area (Å²) in [5, 5.41) is 16.0. The highest BCUT2D eigenvalue weighted by atomic mass is 16.3. The van der Waals surface area contributed by atoms with Crippen molar-refractivity contribution in [3.8, 4) is 0 Å². The molecule has 2 aromatic rings. The molecule has 1 heterocycles. The van der Waals surface area contributed by atoms with Gasteiger partial charge in [-0.05, 0) is 23.8 Å². The van der Waals surface area contributed by atoms with E-state index in [0.717, 1.165) is 23.0 Å². The van der Waals surface area contributed by atoms with Gasteiger partial charge in [0, 0.05) is 18.9 Å². The van der Waals surface area contributed by atoms with Crippen LogP contribution in [0.2, 0.25) is 0 Å². The lowest BCUT2D eigenvalue weighted by molar-refractivity contribution is 0.136. The maximum atomic E-state index is 10.3. The molecule has 2 atom stereocenters. The summed E-state index contributed by atoms with van der Waals surface area (Å²) in [5.74, 6) is 0.429. The molecule has 0 saturated heterocycles. The highest BCUT2D eigenvalue weighted by molar-refractivity contribution is 5.81. The van der Waals surface area contributed by atoms with Crippen LogP contribution in [0.25, 0.3) is 10.9 Å². The van der Waals surface area contributed by atoms with Crippen molar-refractivity contribution in [3.05, 3.63) is 30.0 Å². The van der Waals surface area contributed by atoms with Crippen LogP contribution >= 0.6 is 0 Å². The van der Waals surface area contributed by atoms with Gasteiger partial charge in [-0.15, -0.1) is 0 Å². The van der Waals surface area contributed by atoms with Crippen LogP contribution in [0.5, 0.6) is 0 Å². The zero-order valence-electron chi connectivity index (χ0n) is 11.2. The first-order valence-corrected chi connectivity index (χ1v) is 6.58. The molecule has 1 aromatic heterocycles. The zero-order valence-corrected chi connectivity index (χ0v) is 11.2. The van der Waals surface area contributed by atoms with Gasteiger partial charge in [-0.2, -0.15) is 5.10 Å². The topological polar surface area (TPSA) is 38.0 Å². The fraction of sp³-hybridized carbons (Fsp3) is 0.533. The Hall–Kier alpha value is -1.35. The van der Waals surface area contributed by atoms with Gasteiger partial charge in [0.2, 0.25) is 0 Å². The molecule has 1 saturated carbocycles. The lowest BCUT2D eigenvalue weighted by Crippen LogP contribution is -2.16. The van der Waals surface area contributed by atoms with E-state index in [1.165, 1.54) is 0 Å². The summed E-state index contributed by atoms with van der Waals surface area (Å²) >= 11 is 0. The number of aryl methyl sites for hydroxylation is 1. The van der Waals surface area contributed by atoms with E-state index in [1.54, 1.807) is 0 Å². The molecule has 0 radical (unpaired) electrons. The van der Waals surface area contributed by atoms with Crippen molar-refractivity contribution in [2.45, 2.75) is 32.8 Å². The molecular weight excluding hydrogens is 224 g/mol. The molecule has 0 bridgehead atoms. The SMILES string of the molecule is Cn1nc(CC(O)C2CC2(C)C)c2ccccc21. The molecule has 0 spiro atoms. The van der Waals surface area contributed by atoms with E-state index < -0.39 is 0 Å². The Morgan fingerprint density at radius 1 is 1.44 bits per heavy atom. The van der Waals surface area contributed by atoms with Crippen LogP contribution in [0.3, 0.4) is 0 Å². The predicted octanol–water partition coefficient (Wildman–Crippen LogP) is 2.52. The summed E-state index contributed by atoms with van der Waals surface area (Å²) in [5.41, 5.74) is 2.46. The Morgan fingerprint density at radius 2 is 2.11 bits per heavy atom. The van der Waals surface area contributed by atoms with Crippen LogP contribution in [-0.2, 0) is 13.5 Å². The number of aliphatic hydroxyl groups is 1. The lowest BCUT2D eigenvalue weighted by Gasteiger charge is -2.10. The van der Waals surface area contributed by atoms with E-state index in [-0.39, 0.29) is 6.10 Å². The molecule has 1 aliphatic carbocycles. The van der Waals surface area contributed by atoms with E-state index in [9.17, 15) is 5.11 Å². The number of aromatic nitrogens is 2. The number of aliphatic hydroxyl groups excluding tert-OH is 1. The van der Waals surface area contributed by atoms with Gasteiger partial charge in [0.25, 0.3) is 0 Å². The maximum absolute atomic E-state index is 10.3. The summed E-state index contributed by atoms with van der Waals surface area (Å²) in [6.45, 7) is 4.44. The molecule has 1 fully saturated rings. The molecule has 0 amide bonds. The van der Waals surface area contributed by atoms with Gasteiger partial charge in [0.05, 0.1) is 17.3 Å². The largest absolute Gasteiger partial charge is 0.392 e. The third-order valence-corrected chi connectivity index (χ3v) is 4.29. The maximum Gasteiger partial charge on any atom is 0.0729 e. The predicted molar refractivity (Wildman–Crippen MR) is 72.3 cm³/mol. The van der Waals surface area contributed by atoms with Crippen molar-refractivity contribution in [3.63, 3.8) is 0 Å². The van der Waals surface area contributed by atoms with Gasteiger partial charge < -0.3 is 5.11 Å². The Bertz CT molecular complexity index is 585. The molecule has 2 unspecified atom stereocenters. The summed E-state index contributed by atoms with van der Waals surface area (Å²) in [6, 6.07) is 8.21. The van der Waals surface area contributed by atoms with Crippen molar-refractivity contribution in [2.24, 2.45) is 18.4 Å². The summed E-state index contributed by atoms with van der Waals surface area (Å²) in [4.78, 5) is 0. The van der Waals surface area contributed by atoms with Crippen LogP contribution in [-0.4, -0.2) is 21.0 Å². The first-order chi connectivity index (χ1) is 8.49. The lowest BCUT2D eigenvalue weighted by atomic mass is 10.0. The number of benzene rings is 1. The Morgan fingerprint density at radius 3 is 2.78 bits per heavy atom. The Labute approximate surface area is 107 Å². The zero-order chi connectivity index (χ0) is 12.9. The van der Waals surface area contributed by atoms with Crippen LogP contribution in [0.4, 0.5) is 0 Å². The van der Waals surface area contributed by atoms with E-state index in [1.807, 2.05) is 23.9 Å². The van der Waals surface area contributed by atoms with E-state index in [4.69, 9.17) is 0 Å². The van der Waals surface area contributed by atoms with Crippen LogP contribution in [0, 0.1) is 11.3 Å². The molecule has 1 aliphatic rings. The minimum Gasteiger partial charge on any atom is -0.392 e.